The third-order valence-electron chi connectivity index (χ3n) is 3.20. The van der Waals surface area contributed by atoms with Crippen molar-refractivity contribution in [1.29, 1.82) is 0 Å². The Balaban J connectivity index is 2.09. The number of aromatic nitrogens is 2. The lowest BCUT2D eigenvalue weighted by Gasteiger charge is -2.08. The van der Waals surface area contributed by atoms with Gasteiger partial charge in [0, 0.05) is 6.08 Å². The van der Waals surface area contributed by atoms with Crippen LogP contribution < -0.4 is 10.1 Å². The Morgan fingerprint density at radius 1 is 1.32 bits per heavy atom. The third-order valence-corrected chi connectivity index (χ3v) is 4.19. The molecule has 0 saturated heterocycles. The lowest BCUT2D eigenvalue weighted by molar-refractivity contribution is -0.111. The number of methoxy groups -OCH3 is 1. The van der Waals surface area contributed by atoms with Crippen LogP contribution in [0.2, 0.25) is 0 Å². The first-order chi connectivity index (χ1) is 10.5. The molecule has 22 heavy (non-hydrogen) atoms. The van der Waals surface area contributed by atoms with E-state index in [-0.39, 0.29) is 5.91 Å². The van der Waals surface area contributed by atoms with E-state index in [2.05, 4.69) is 15.5 Å². The van der Waals surface area contributed by atoms with Crippen LogP contribution in [0, 0.1) is 13.8 Å². The summed E-state index contributed by atoms with van der Waals surface area (Å²) in [5, 5.41) is 12.0. The maximum Gasteiger partial charge on any atom is 0.250 e. The van der Waals surface area contributed by atoms with Crippen LogP contribution in [0.4, 0.5) is 5.13 Å². The van der Waals surface area contributed by atoms with Gasteiger partial charge in [-0.25, -0.2) is 0 Å². The van der Waals surface area contributed by atoms with Gasteiger partial charge in [-0.3, -0.25) is 10.1 Å². The van der Waals surface area contributed by atoms with Gasteiger partial charge in [-0.2, -0.15) is 0 Å². The fourth-order valence-electron chi connectivity index (χ4n) is 2.07. The first-order valence-electron chi connectivity index (χ1n) is 7.00. The molecule has 0 saturated carbocycles. The van der Waals surface area contributed by atoms with E-state index >= 15 is 0 Å². The van der Waals surface area contributed by atoms with Crippen LogP contribution in [0.3, 0.4) is 0 Å². The number of ether oxygens (including phenoxy) is 1. The molecule has 1 aromatic heterocycles. The molecule has 0 atom stereocenters. The summed E-state index contributed by atoms with van der Waals surface area (Å²) in [6, 6.07) is 3.89. The SMILES string of the molecule is CCc1nnc(NC(=O)/C=C/c2c(C)cc(OC)cc2C)s1. The number of nitrogens with zero attached hydrogens (tertiary/aromatic N) is 2. The van der Waals surface area contributed by atoms with E-state index in [1.807, 2.05) is 32.9 Å². The van der Waals surface area contributed by atoms with Crippen LogP contribution in [0.1, 0.15) is 28.6 Å². The Labute approximate surface area is 134 Å². The van der Waals surface area contributed by atoms with Crippen LogP contribution in [0.15, 0.2) is 18.2 Å². The molecule has 0 spiro atoms. The Morgan fingerprint density at radius 3 is 2.55 bits per heavy atom. The molecule has 2 aromatic rings. The average molecular weight is 317 g/mol. The van der Waals surface area contributed by atoms with Crippen molar-refractivity contribution in [3.8, 4) is 5.75 Å². The van der Waals surface area contributed by atoms with E-state index in [1.165, 1.54) is 17.4 Å². The Hall–Kier alpha value is -2.21. The molecule has 0 aliphatic rings. The summed E-state index contributed by atoms with van der Waals surface area (Å²) >= 11 is 1.39. The van der Waals surface area contributed by atoms with Crippen molar-refractivity contribution >= 4 is 28.5 Å². The van der Waals surface area contributed by atoms with E-state index in [0.29, 0.717) is 5.13 Å². The molecule has 1 amide bonds. The quantitative estimate of drug-likeness (QED) is 0.859. The molecule has 1 heterocycles. The Morgan fingerprint density at radius 2 is 2.00 bits per heavy atom. The Kier molecular flexibility index (Phi) is 5.27. The summed E-state index contributed by atoms with van der Waals surface area (Å²) < 4.78 is 5.23. The summed E-state index contributed by atoms with van der Waals surface area (Å²) in [5.74, 6) is 0.603. The number of hydrogen-bond acceptors (Lipinski definition) is 5. The molecule has 0 bridgehead atoms. The maximum atomic E-state index is 11.9. The van der Waals surface area contributed by atoms with E-state index in [9.17, 15) is 4.79 Å². The average Bonchev–Trinajstić information content (AvgIpc) is 2.93. The highest BCUT2D eigenvalue weighted by molar-refractivity contribution is 7.15. The van der Waals surface area contributed by atoms with Crippen molar-refractivity contribution in [1.82, 2.24) is 10.2 Å². The molecule has 0 aliphatic heterocycles. The van der Waals surface area contributed by atoms with Gasteiger partial charge in [0.15, 0.2) is 0 Å². The summed E-state index contributed by atoms with van der Waals surface area (Å²) in [6.45, 7) is 5.98. The fourth-order valence-corrected chi connectivity index (χ4v) is 2.75. The van der Waals surface area contributed by atoms with Gasteiger partial charge in [0.05, 0.1) is 7.11 Å². The maximum absolute atomic E-state index is 11.9. The number of aryl methyl sites for hydroxylation is 3. The minimum Gasteiger partial charge on any atom is -0.497 e. The van der Waals surface area contributed by atoms with Crippen molar-refractivity contribution in [3.05, 3.63) is 39.9 Å². The number of nitrogens with one attached hydrogen (secondary N) is 1. The minimum atomic E-state index is -0.214. The van der Waals surface area contributed by atoms with Crippen LogP contribution in [-0.2, 0) is 11.2 Å². The normalized spacial score (nSPS) is 10.9. The first-order valence-corrected chi connectivity index (χ1v) is 7.81. The van der Waals surface area contributed by atoms with Crippen molar-refractivity contribution in [2.75, 3.05) is 12.4 Å². The number of amides is 1. The van der Waals surface area contributed by atoms with Crippen molar-refractivity contribution in [2.45, 2.75) is 27.2 Å². The molecule has 0 fully saturated rings. The van der Waals surface area contributed by atoms with Crippen LogP contribution >= 0.6 is 11.3 Å². The summed E-state index contributed by atoms with van der Waals surface area (Å²) in [6.07, 6.45) is 4.13. The number of carbonyl (C=O) groups excluding carboxylic acids is 1. The van der Waals surface area contributed by atoms with Gasteiger partial charge >= 0.3 is 0 Å². The zero-order valence-electron chi connectivity index (χ0n) is 13.1. The second-order valence-corrected chi connectivity index (χ2v) is 5.91. The van der Waals surface area contributed by atoms with Crippen LogP contribution in [-0.4, -0.2) is 23.2 Å². The molecule has 5 nitrogen and oxygen atoms in total. The molecule has 1 N–H and O–H groups in total. The largest absolute Gasteiger partial charge is 0.497 e. The predicted octanol–water partition coefficient (Wildman–Crippen LogP) is 3.38. The van der Waals surface area contributed by atoms with Crippen molar-refractivity contribution < 1.29 is 9.53 Å². The fraction of sp³-hybridized carbons (Fsp3) is 0.312. The van der Waals surface area contributed by atoms with Crippen LogP contribution in [0.5, 0.6) is 5.75 Å². The third kappa shape index (κ3) is 3.92. The number of anilines is 1. The molecule has 2 rings (SSSR count). The van der Waals surface area contributed by atoms with Gasteiger partial charge in [0.1, 0.15) is 10.8 Å². The van der Waals surface area contributed by atoms with Gasteiger partial charge in [-0.15, -0.1) is 10.2 Å². The molecule has 116 valence electrons. The van der Waals surface area contributed by atoms with Gasteiger partial charge in [-0.1, -0.05) is 18.3 Å². The summed E-state index contributed by atoms with van der Waals surface area (Å²) in [5.41, 5.74) is 3.14. The topological polar surface area (TPSA) is 64.1 Å². The second-order valence-electron chi connectivity index (χ2n) is 4.85. The molecule has 0 radical (unpaired) electrons. The zero-order valence-corrected chi connectivity index (χ0v) is 14.0. The van der Waals surface area contributed by atoms with Crippen molar-refractivity contribution in [2.24, 2.45) is 0 Å². The smallest absolute Gasteiger partial charge is 0.250 e. The minimum absolute atomic E-state index is 0.214. The van der Waals surface area contributed by atoms with Gasteiger partial charge in [0.25, 0.3) is 0 Å². The molecular weight excluding hydrogens is 298 g/mol. The molecule has 0 unspecified atom stereocenters. The lowest BCUT2D eigenvalue weighted by Crippen LogP contribution is -2.07. The standard InChI is InChI=1S/C16H19N3O2S/c1-5-15-18-19-16(22-15)17-14(20)7-6-13-10(2)8-12(21-4)9-11(13)3/h6-9H,5H2,1-4H3,(H,17,19,20)/b7-6+. The van der Waals surface area contributed by atoms with Gasteiger partial charge < -0.3 is 4.74 Å². The molecule has 0 aliphatic carbocycles. The Bertz CT molecular complexity index is 684. The highest BCUT2D eigenvalue weighted by atomic mass is 32.1. The summed E-state index contributed by atoms with van der Waals surface area (Å²) in [7, 11) is 1.64. The number of carbonyl (C=O) groups is 1. The van der Waals surface area contributed by atoms with Gasteiger partial charge in [0.2, 0.25) is 11.0 Å². The van der Waals surface area contributed by atoms with E-state index in [4.69, 9.17) is 4.74 Å². The van der Waals surface area contributed by atoms with Crippen LogP contribution in [0.25, 0.3) is 6.08 Å². The molecule has 1 aromatic carbocycles. The highest BCUT2D eigenvalue weighted by Crippen LogP contribution is 2.23. The lowest BCUT2D eigenvalue weighted by atomic mass is 10.0. The first kappa shape index (κ1) is 16.2. The van der Waals surface area contributed by atoms with E-state index in [1.54, 1.807) is 13.2 Å². The van der Waals surface area contributed by atoms with E-state index in [0.717, 1.165) is 33.9 Å². The van der Waals surface area contributed by atoms with Gasteiger partial charge in [-0.05, 0) is 55.2 Å². The predicted molar refractivity (Wildman–Crippen MR) is 89.4 cm³/mol. The number of rotatable bonds is 5. The zero-order chi connectivity index (χ0) is 16.1. The molecular formula is C16H19N3O2S. The number of hydrogen-bond donors (Lipinski definition) is 1. The second kappa shape index (κ2) is 7.17. The highest BCUT2D eigenvalue weighted by Gasteiger charge is 2.06. The van der Waals surface area contributed by atoms with Crippen molar-refractivity contribution in [3.63, 3.8) is 0 Å². The van der Waals surface area contributed by atoms with E-state index < -0.39 is 0 Å². The monoisotopic (exact) mass is 317 g/mol. The molecule has 6 heteroatoms. The summed E-state index contributed by atoms with van der Waals surface area (Å²) in [4.78, 5) is 11.9. The number of benzene rings is 1.